The summed E-state index contributed by atoms with van der Waals surface area (Å²) in [6.45, 7) is 2.23. The van der Waals surface area contributed by atoms with Crippen molar-refractivity contribution in [3.05, 3.63) is 36.5 Å². The first kappa shape index (κ1) is 22.4. The molecule has 0 rings (SSSR count). The van der Waals surface area contributed by atoms with Gasteiger partial charge in [0.25, 0.3) is 0 Å². The molecule has 0 aromatic rings. The summed E-state index contributed by atoms with van der Waals surface area (Å²) in [5.74, 6) is 0. The Kier molecular flexibility index (Phi) is 20.4. The van der Waals surface area contributed by atoms with Gasteiger partial charge in [0.1, 0.15) is 0 Å². The number of hydrogen-bond acceptors (Lipinski definition) is 2. The maximum atomic E-state index is 10.5. The van der Waals surface area contributed by atoms with Crippen LogP contribution >= 0.6 is 11.6 Å². The summed E-state index contributed by atoms with van der Waals surface area (Å²) in [5.41, 5.74) is 0. The molecule has 0 heterocycles. The zero-order valence-electron chi connectivity index (χ0n) is 13.5. The number of carbonyl (C=O) groups excluding carboxylic acids is 1. The van der Waals surface area contributed by atoms with Crippen LogP contribution in [0.3, 0.4) is 0 Å². The fourth-order valence-electron chi connectivity index (χ4n) is 1.82. The number of carbonyl (C=O) groups is 1. The molecule has 0 unspecified atom stereocenters. The van der Waals surface area contributed by atoms with E-state index in [1.165, 1.54) is 25.7 Å². The van der Waals surface area contributed by atoms with Crippen LogP contribution in [0.5, 0.6) is 0 Å². The standard InChI is InChI=1S/C18H29ClO.H3N/c1-2-3-4-5-6-7-8-9-10-11-12-13-14-15-16-17-18(19)20;/h6-7,9-10,12-13H,2-5,8,11,14-17H2,1H3;1H3/b7-6-,10-9-,13-12-;. The van der Waals surface area contributed by atoms with E-state index in [9.17, 15) is 4.79 Å². The SMILES string of the molecule is CCCCC/C=C\C/C=C\C/C=C\CCCCC(=O)Cl.N. The summed E-state index contributed by atoms with van der Waals surface area (Å²) in [6.07, 6.45) is 24.0. The van der Waals surface area contributed by atoms with Gasteiger partial charge in [-0.2, -0.15) is 0 Å². The van der Waals surface area contributed by atoms with Crippen LogP contribution in [0, 0.1) is 0 Å². The Labute approximate surface area is 135 Å². The van der Waals surface area contributed by atoms with Gasteiger partial charge in [-0.15, -0.1) is 0 Å². The largest absolute Gasteiger partial charge is 0.344 e. The van der Waals surface area contributed by atoms with E-state index >= 15 is 0 Å². The zero-order valence-corrected chi connectivity index (χ0v) is 14.3. The van der Waals surface area contributed by atoms with Crippen LogP contribution in [0.2, 0.25) is 0 Å². The van der Waals surface area contributed by atoms with Gasteiger partial charge in [-0.1, -0.05) is 56.2 Å². The van der Waals surface area contributed by atoms with Crippen LogP contribution in [0.4, 0.5) is 0 Å². The van der Waals surface area contributed by atoms with Gasteiger partial charge < -0.3 is 6.15 Å². The van der Waals surface area contributed by atoms with Gasteiger partial charge in [0, 0.05) is 6.42 Å². The highest BCUT2D eigenvalue weighted by atomic mass is 35.5. The number of halogens is 1. The van der Waals surface area contributed by atoms with Crippen molar-refractivity contribution in [1.29, 1.82) is 0 Å². The second-order valence-electron chi connectivity index (χ2n) is 4.98. The van der Waals surface area contributed by atoms with Crippen molar-refractivity contribution in [3.8, 4) is 0 Å². The molecule has 3 N–H and O–H groups in total. The molecule has 0 bridgehead atoms. The van der Waals surface area contributed by atoms with Crippen molar-refractivity contribution in [2.45, 2.75) is 71.1 Å². The molecule has 0 aliphatic carbocycles. The van der Waals surface area contributed by atoms with Crippen molar-refractivity contribution in [3.63, 3.8) is 0 Å². The van der Waals surface area contributed by atoms with E-state index in [2.05, 4.69) is 43.4 Å². The van der Waals surface area contributed by atoms with E-state index in [0.29, 0.717) is 6.42 Å². The molecule has 0 aromatic carbocycles. The van der Waals surface area contributed by atoms with E-state index in [1.54, 1.807) is 0 Å². The first-order valence-corrected chi connectivity index (χ1v) is 8.28. The summed E-state index contributed by atoms with van der Waals surface area (Å²) in [6, 6.07) is 0. The number of allylic oxidation sites excluding steroid dienone is 6. The van der Waals surface area contributed by atoms with Crippen molar-refractivity contribution in [2.75, 3.05) is 0 Å². The van der Waals surface area contributed by atoms with Gasteiger partial charge in [-0.3, -0.25) is 4.79 Å². The van der Waals surface area contributed by atoms with Crippen molar-refractivity contribution in [1.82, 2.24) is 6.15 Å². The van der Waals surface area contributed by atoms with E-state index in [0.717, 1.165) is 32.1 Å². The molecule has 21 heavy (non-hydrogen) atoms. The molecule has 0 saturated carbocycles. The Morgan fingerprint density at radius 2 is 1.29 bits per heavy atom. The summed E-state index contributed by atoms with van der Waals surface area (Å²) in [4.78, 5) is 10.5. The third kappa shape index (κ3) is 21.6. The lowest BCUT2D eigenvalue weighted by molar-refractivity contribution is -0.111. The van der Waals surface area contributed by atoms with Crippen LogP contribution in [-0.4, -0.2) is 5.24 Å². The van der Waals surface area contributed by atoms with Crippen LogP contribution in [0.25, 0.3) is 0 Å². The second-order valence-corrected chi connectivity index (χ2v) is 5.40. The van der Waals surface area contributed by atoms with E-state index < -0.39 is 0 Å². The third-order valence-corrected chi connectivity index (χ3v) is 3.20. The lowest BCUT2D eigenvalue weighted by Gasteiger charge is -1.92. The van der Waals surface area contributed by atoms with Gasteiger partial charge in [0.15, 0.2) is 0 Å². The summed E-state index contributed by atoms with van der Waals surface area (Å²) in [7, 11) is 0. The normalized spacial score (nSPS) is 11.5. The van der Waals surface area contributed by atoms with Gasteiger partial charge >= 0.3 is 0 Å². The second kappa shape index (κ2) is 19.1. The van der Waals surface area contributed by atoms with Crippen molar-refractivity contribution in [2.24, 2.45) is 0 Å². The molecule has 0 aliphatic rings. The monoisotopic (exact) mass is 313 g/mol. The lowest BCUT2D eigenvalue weighted by Crippen LogP contribution is -1.84. The Morgan fingerprint density at radius 1 is 0.810 bits per heavy atom. The molecule has 0 aromatic heterocycles. The van der Waals surface area contributed by atoms with E-state index in [4.69, 9.17) is 11.6 Å². The molecule has 0 aliphatic heterocycles. The summed E-state index contributed by atoms with van der Waals surface area (Å²) in [5, 5.41) is -0.223. The first-order valence-electron chi connectivity index (χ1n) is 7.90. The van der Waals surface area contributed by atoms with Gasteiger partial charge in [-0.25, -0.2) is 0 Å². The average molecular weight is 314 g/mol. The van der Waals surface area contributed by atoms with E-state index in [-0.39, 0.29) is 11.4 Å². The molecule has 0 saturated heterocycles. The number of rotatable bonds is 13. The minimum Gasteiger partial charge on any atom is -0.344 e. The third-order valence-electron chi connectivity index (χ3n) is 3.01. The summed E-state index contributed by atoms with van der Waals surface area (Å²) >= 11 is 5.26. The van der Waals surface area contributed by atoms with E-state index in [1.807, 2.05) is 0 Å². The molecule has 0 spiro atoms. The van der Waals surface area contributed by atoms with Crippen molar-refractivity contribution >= 4 is 16.8 Å². The molecular weight excluding hydrogens is 282 g/mol. The number of hydrogen-bond donors (Lipinski definition) is 1. The summed E-state index contributed by atoms with van der Waals surface area (Å²) < 4.78 is 0. The molecule has 0 atom stereocenters. The fraction of sp³-hybridized carbons (Fsp3) is 0.611. The molecule has 122 valence electrons. The molecule has 0 amide bonds. The zero-order chi connectivity index (χ0) is 14.9. The van der Waals surface area contributed by atoms with Gasteiger partial charge in [0.05, 0.1) is 0 Å². The lowest BCUT2D eigenvalue weighted by atomic mass is 10.2. The highest BCUT2D eigenvalue weighted by molar-refractivity contribution is 6.63. The van der Waals surface area contributed by atoms with Gasteiger partial charge in [0.2, 0.25) is 5.24 Å². The first-order chi connectivity index (χ1) is 9.77. The van der Waals surface area contributed by atoms with Crippen LogP contribution in [0.1, 0.15) is 71.1 Å². The Balaban J connectivity index is 0. The maximum Gasteiger partial charge on any atom is 0.221 e. The predicted molar refractivity (Wildman–Crippen MR) is 95.1 cm³/mol. The Morgan fingerprint density at radius 3 is 1.76 bits per heavy atom. The van der Waals surface area contributed by atoms with Crippen LogP contribution in [0.15, 0.2) is 36.5 Å². The molecule has 0 fully saturated rings. The topological polar surface area (TPSA) is 52.1 Å². The highest BCUT2D eigenvalue weighted by Crippen LogP contribution is 2.04. The van der Waals surface area contributed by atoms with Gasteiger partial charge in [-0.05, 0) is 56.5 Å². The number of unbranched alkanes of at least 4 members (excludes halogenated alkanes) is 5. The highest BCUT2D eigenvalue weighted by Gasteiger charge is 1.93. The predicted octanol–water partition coefficient (Wildman–Crippen LogP) is 6.50. The molecular formula is C18H32ClNO. The quantitative estimate of drug-likeness (QED) is 0.239. The minimum absolute atomic E-state index is 0. The van der Waals surface area contributed by atoms with Crippen LogP contribution < -0.4 is 6.15 Å². The molecule has 0 radical (unpaired) electrons. The Hall–Kier alpha value is -0.860. The minimum atomic E-state index is -0.223. The average Bonchev–Trinajstić information content (AvgIpc) is 2.43. The molecule has 2 nitrogen and oxygen atoms in total. The maximum absolute atomic E-state index is 10.5. The Bertz CT molecular complexity index is 308. The molecule has 3 heteroatoms. The fourth-order valence-corrected chi connectivity index (χ4v) is 1.95. The van der Waals surface area contributed by atoms with Crippen molar-refractivity contribution < 1.29 is 4.79 Å². The smallest absolute Gasteiger partial charge is 0.221 e. The van der Waals surface area contributed by atoms with Crippen LogP contribution in [-0.2, 0) is 4.79 Å².